The fourth-order valence-electron chi connectivity index (χ4n) is 1.39. The second-order valence-corrected chi connectivity index (χ2v) is 4.37. The zero-order valence-corrected chi connectivity index (χ0v) is 11.2. The first-order valence-corrected chi connectivity index (χ1v) is 6.23. The fraction of sp³-hybridized carbons (Fsp3) is 0.167. The number of rotatable bonds is 2. The summed E-state index contributed by atoms with van der Waals surface area (Å²) in [4.78, 5) is 27.2. The van der Waals surface area contributed by atoms with Crippen LogP contribution in [0.1, 0.15) is 18.6 Å². The van der Waals surface area contributed by atoms with Crippen LogP contribution < -0.4 is 9.54 Å². The monoisotopic (exact) mass is 277 g/mol. The normalized spacial score (nSPS) is 11.4. The van der Waals surface area contributed by atoms with Crippen molar-refractivity contribution in [1.82, 2.24) is 8.94 Å². The smallest absolute Gasteiger partial charge is 0.324 e. The van der Waals surface area contributed by atoms with Crippen molar-refractivity contribution in [2.24, 2.45) is 4.99 Å². The Morgan fingerprint density at radius 3 is 2.53 bits per heavy atom. The van der Waals surface area contributed by atoms with E-state index in [1.54, 1.807) is 12.1 Å². The minimum absolute atomic E-state index is 0.0559. The summed E-state index contributed by atoms with van der Waals surface area (Å²) in [6.45, 7) is 2.60. The maximum Gasteiger partial charge on any atom is 0.324 e. The molecular formula is C12H11N3O3S. The SMILES string of the molecule is CC(=O)Oc1nsc(=Nc2ccccc2)n1C(C)=O. The quantitative estimate of drug-likeness (QED) is 0.784. The molecule has 0 amide bonds. The van der Waals surface area contributed by atoms with Gasteiger partial charge in [0, 0.05) is 25.4 Å². The molecule has 0 bridgehead atoms. The Balaban J connectivity index is 2.52. The van der Waals surface area contributed by atoms with Crippen LogP contribution >= 0.6 is 11.5 Å². The van der Waals surface area contributed by atoms with Gasteiger partial charge in [0.25, 0.3) is 0 Å². The summed E-state index contributed by atoms with van der Waals surface area (Å²) in [5.74, 6) is -0.855. The molecule has 0 aliphatic heterocycles. The highest BCUT2D eigenvalue weighted by atomic mass is 32.1. The molecule has 7 heteroatoms. The van der Waals surface area contributed by atoms with Crippen molar-refractivity contribution in [1.29, 1.82) is 0 Å². The predicted octanol–water partition coefficient (Wildman–Crippen LogP) is 1.76. The van der Waals surface area contributed by atoms with Crippen molar-refractivity contribution < 1.29 is 14.3 Å². The summed E-state index contributed by atoms with van der Waals surface area (Å²) in [6, 6.07) is 9.09. The van der Waals surface area contributed by atoms with Crippen LogP contribution in [-0.4, -0.2) is 20.8 Å². The molecule has 0 saturated carbocycles. The summed E-state index contributed by atoms with van der Waals surface area (Å²) in [5.41, 5.74) is 0.690. The summed E-state index contributed by atoms with van der Waals surface area (Å²) >= 11 is 0.990. The number of nitrogens with zero attached hydrogens (tertiary/aromatic N) is 3. The molecule has 0 radical (unpaired) electrons. The lowest BCUT2D eigenvalue weighted by Crippen LogP contribution is -2.22. The van der Waals surface area contributed by atoms with Gasteiger partial charge in [0.1, 0.15) is 0 Å². The van der Waals surface area contributed by atoms with Crippen LogP contribution in [0.3, 0.4) is 0 Å². The van der Waals surface area contributed by atoms with Gasteiger partial charge in [0.15, 0.2) is 0 Å². The van der Waals surface area contributed by atoms with E-state index in [0.717, 1.165) is 11.5 Å². The highest BCUT2D eigenvalue weighted by molar-refractivity contribution is 7.03. The average Bonchev–Trinajstić information content (AvgIpc) is 2.72. The molecule has 6 nitrogen and oxygen atoms in total. The van der Waals surface area contributed by atoms with E-state index in [1.807, 2.05) is 18.2 Å². The number of benzene rings is 1. The standard InChI is InChI=1S/C12H11N3O3S/c1-8(16)15-11(18-9(2)17)14-19-12(15)13-10-6-4-3-5-7-10/h3-7H,1-2H3. The summed E-state index contributed by atoms with van der Waals surface area (Å²) < 4.78 is 9.95. The Bertz CT molecular complexity index is 673. The summed E-state index contributed by atoms with van der Waals surface area (Å²) in [7, 11) is 0. The predicted molar refractivity (Wildman–Crippen MR) is 69.4 cm³/mol. The summed E-state index contributed by atoms with van der Waals surface area (Å²) in [5, 5.41) is 0. The lowest BCUT2D eigenvalue weighted by molar-refractivity contribution is -0.132. The van der Waals surface area contributed by atoms with Crippen LogP contribution in [0.2, 0.25) is 0 Å². The van der Waals surface area contributed by atoms with Crippen molar-refractivity contribution >= 4 is 29.1 Å². The second-order valence-electron chi connectivity index (χ2n) is 3.64. The number of para-hydroxylation sites is 1. The largest absolute Gasteiger partial charge is 0.391 e. The Hall–Kier alpha value is -2.28. The molecule has 0 aliphatic rings. The van der Waals surface area contributed by atoms with Gasteiger partial charge in [-0.25, -0.2) is 9.56 Å². The molecular weight excluding hydrogens is 266 g/mol. The first kappa shape index (κ1) is 13.2. The van der Waals surface area contributed by atoms with Gasteiger partial charge in [-0.1, -0.05) is 18.2 Å². The third-order valence-electron chi connectivity index (χ3n) is 2.12. The van der Waals surface area contributed by atoms with Crippen LogP contribution in [-0.2, 0) is 4.79 Å². The van der Waals surface area contributed by atoms with Gasteiger partial charge in [0.2, 0.25) is 10.7 Å². The molecule has 2 aromatic rings. The van der Waals surface area contributed by atoms with Crippen molar-refractivity contribution in [2.75, 3.05) is 0 Å². The van der Waals surface area contributed by atoms with Gasteiger partial charge in [-0.05, 0) is 12.1 Å². The van der Waals surface area contributed by atoms with E-state index < -0.39 is 5.97 Å². The van der Waals surface area contributed by atoms with E-state index in [0.29, 0.717) is 10.5 Å². The van der Waals surface area contributed by atoms with Crippen LogP contribution in [0.4, 0.5) is 5.69 Å². The van der Waals surface area contributed by atoms with Crippen LogP contribution in [0, 0.1) is 0 Å². The molecule has 0 unspecified atom stereocenters. The minimum Gasteiger partial charge on any atom is -0.391 e. The first-order valence-electron chi connectivity index (χ1n) is 5.46. The highest BCUT2D eigenvalue weighted by Crippen LogP contribution is 2.11. The molecule has 0 spiro atoms. The molecule has 0 N–H and O–H groups in total. The van der Waals surface area contributed by atoms with E-state index in [2.05, 4.69) is 9.37 Å². The Labute approximate surface area is 113 Å². The Morgan fingerprint density at radius 2 is 1.95 bits per heavy atom. The Morgan fingerprint density at radius 1 is 1.26 bits per heavy atom. The molecule has 1 aromatic carbocycles. The number of aromatic nitrogens is 2. The van der Waals surface area contributed by atoms with Crippen molar-refractivity contribution in [3.8, 4) is 6.01 Å². The number of hydrogen-bond donors (Lipinski definition) is 0. The number of carbonyl (C=O) groups excluding carboxylic acids is 2. The van der Waals surface area contributed by atoms with Crippen LogP contribution in [0.5, 0.6) is 6.01 Å². The van der Waals surface area contributed by atoms with Crippen LogP contribution in [0.15, 0.2) is 35.3 Å². The molecule has 0 aliphatic carbocycles. The van der Waals surface area contributed by atoms with Crippen molar-refractivity contribution in [2.45, 2.75) is 13.8 Å². The van der Waals surface area contributed by atoms with Gasteiger partial charge in [0.05, 0.1) is 5.69 Å². The molecule has 1 heterocycles. The molecule has 0 fully saturated rings. The molecule has 0 saturated heterocycles. The zero-order chi connectivity index (χ0) is 13.8. The number of ether oxygens (including phenoxy) is 1. The minimum atomic E-state index is -0.536. The van der Waals surface area contributed by atoms with Gasteiger partial charge in [-0.2, -0.15) is 0 Å². The molecule has 1 aromatic heterocycles. The van der Waals surface area contributed by atoms with Crippen molar-refractivity contribution in [3.63, 3.8) is 0 Å². The third kappa shape index (κ3) is 3.14. The van der Waals surface area contributed by atoms with Gasteiger partial charge < -0.3 is 4.74 Å². The lowest BCUT2D eigenvalue weighted by Gasteiger charge is -2.00. The van der Waals surface area contributed by atoms with Gasteiger partial charge in [-0.15, -0.1) is 4.37 Å². The number of carbonyl (C=O) groups is 2. The number of hydrogen-bond acceptors (Lipinski definition) is 6. The third-order valence-corrected chi connectivity index (χ3v) is 2.80. The second kappa shape index (κ2) is 5.57. The van der Waals surface area contributed by atoms with E-state index in [9.17, 15) is 9.59 Å². The highest BCUT2D eigenvalue weighted by Gasteiger charge is 2.14. The maximum absolute atomic E-state index is 11.6. The van der Waals surface area contributed by atoms with Crippen molar-refractivity contribution in [3.05, 3.63) is 35.1 Å². The lowest BCUT2D eigenvalue weighted by atomic mass is 10.3. The average molecular weight is 277 g/mol. The van der Waals surface area contributed by atoms with E-state index in [4.69, 9.17) is 4.74 Å². The Kier molecular flexibility index (Phi) is 3.86. The molecule has 98 valence electrons. The summed E-state index contributed by atoms with van der Waals surface area (Å²) in [6.07, 6.45) is 0. The zero-order valence-electron chi connectivity index (χ0n) is 10.4. The molecule has 0 atom stereocenters. The van der Waals surface area contributed by atoms with Gasteiger partial charge in [-0.3, -0.25) is 9.59 Å². The molecule has 2 rings (SSSR count). The molecule has 19 heavy (non-hydrogen) atoms. The first-order chi connectivity index (χ1) is 9.08. The fourth-order valence-corrected chi connectivity index (χ4v) is 2.10. The van der Waals surface area contributed by atoms with E-state index in [1.165, 1.54) is 18.4 Å². The van der Waals surface area contributed by atoms with E-state index in [-0.39, 0.29) is 11.9 Å². The van der Waals surface area contributed by atoms with Gasteiger partial charge >= 0.3 is 12.0 Å². The maximum atomic E-state index is 11.6. The van der Waals surface area contributed by atoms with Crippen LogP contribution in [0.25, 0.3) is 0 Å². The van der Waals surface area contributed by atoms with E-state index >= 15 is 0 Å². The number of esters is 1. The topological polar surface area (TPSA) is 73.5 Å².